The van der Waals surface area contributed by atoms with Crippen LogP contribution in [0.15, 0.2) is 48.5 Å². The number of rotatable bonds is 7. The molecule has 0 bridgehead atoms. The predicted octanol–water partition coefficient (Wildman–Crippen LogP) is 4.65. The summed E-state index contributed by atoms with van der Waals surface area (Å²) in [5.41, 5.74) is 3.36. The SMILES string of the molecule is CCCCCNC(=O)c1[nH]c2ccccc2c1NC(=O)c1ccc(C)cc1. The smallest absolute Gasteiger partial charge is 0.269 e. The first-order chi connectivity index (χ1) is 13.1. The number of hydrogen-bond donors (Lipinski definition) is 3. The van der Waals surface area contributed by atoms with E-state index < -0.39 is 0 Å². The Hall–Kier alpha value is -3.08. The summed E-state index contributed by atoms with van der Waals surface area (Å²) in [5, 5.41) is 6.67. The molecule has 1 aromatic heterocycles. The van der Waals surface area contributed by atoms with Crippen molar-refractivity contribution in [1.29, 1.82) is 0 Å². The molecule has 0 spiro atoms. The van der Waals surface area contributed by atoms with Crippen molar-refractivity contribution in [3.05, 3.63) is 65.4 Å². The molecular formula is C22H25N3O2. The predicted molar refractivity (Wildman–Crippen MR) is 109 cm³/mol. The highest BCUT2D eigenvalue weighted by Gasteiger charge is 2.19. The summed E-state index contributed by atoms with van der Waals surface area (Å²) in [7, 11) is 0. The molecule has 0 aliphatic rings. The molecule has 5 nitrogen and oxygen atoms in total. The molecular weight excluding hydrogens is 338 g/mol. The highest BCUT2D eigenvalue weighted by atomic mass is 16.2. The zero-order chi connectivity index (χ0) is 19.2. The summed E-state index contributed by atoms with van der Waals surface area (Å²) in [6.45, 7) is 4.72. The van der Waals surface area contributed by atoms with Crippen molar-refractivity contribution in [2.45, 2.75) is 33.1 Å². The number of aryl methyl sites for hydroxylation is 1. The van der Waals surface area contributed by atoms with Crippen LogP contribution in [-0.2, 0) is 0 Å². The summed E-state index contributed by atoms with van der Waals surface area (Å²) in [6, 6.07) is 14.9. The summed E-state index contributed by atoms with van der Waals surface area (Å²) in [4.78, 5) is 28.5. The molecule has 0 aliphatic heterocycles. The van der Waals surface area contributed by atoms with Crippen molar-refractivity contribution in [3.8, 4) is 0 Å². The zero-order valence-electron chi connectivity index (χ0n) is 15.8. The average Bonchev–Trinajstić information content (AvgIpc) is 3.04. The Kier molecular flexibility index (Phi) is 5.91. The Bertz CT molecular complexity index is 942. The number of anilines is 1. The minimum absolute atomic E-state index is 0.207. The van der Waals surface area contributed by atoms with Crippen LogP contribution in [0, 0.1) is 6.92 Å². The fraction of sp³-hybridized carbons (Fsp3) is 0.273. The van der Waals surface area contributed by atoms with Gasteiger partial charge in [-0.15, -0.1) is 0 Å². The second-order valence-corrected chi connectivity index (χ2v) is 6.70. The highest BCUT2D eigenvalue weighted by Crippen LogP contribution is 2.28. The van der Waals surface area contributed by atoms with E-state index in [0.717, 1.165) is 35.7 Å². The minimum atomic E-state index is -0.236. The maximum absolute atomic E-state index is 12.7. The number of nitrogens with one attached hydrogen (secondary N) is 3. The van der Waals surface area contributed by atoms with E-state index in [1.165, 1.54) is 0 Å². The van der Waals surface area contributed by atoms with Crippen LogP contribution in [0.1, 0.15) is 52.6 Å². The van der Waals surface area contributed by atoms with Gasteiger partial charge in [-0.2, -0.15) is 0 Å². The minimum Gasteiger partial charge on any atom is -0.351 e. The van der Waals surface area contributed by atoms with Crippen LogP contribution in [0.5, 0.6) is 0 Å². The van der Waals surface area contributed by atoms with Crippen molar-refractivity contribution in [2.24, 2.45) is 0 Å². The Morgan fingerprint density at radius 2 is 1.70 bits per heavy atom. The molecule has 5 heteroatoms. The molecule has 140 valence electrons. The summed E-state index contributed by atoms with van der Waals surface area (Å²) in [6.07, 6.45) is 3.11. The van der Waals surface area contributed by atoms with E-state index in [9.17, 15) is 9.59 Å². The van der Waals surface area contributed by atoms with Crippen LogP contribution in [0.3, 0.4) is 0 Å². The van der Waals surface area contributed by atoms with Gasteiger partial charge in [-0.05, 0) is 31.5 Å². The number of unbranched alkanes of at least 4 members (excludes halogenated alkanes) is 2. The summed E-state index contributed by atoms with van der Waals surface area (Å²) < 4.78 is 0. The standard InChI is InChI=1S/C22H25N3O2/c1-3-4-7-14-23-22(27)20-19(17-8-5-6-9-18(17)24-20)25-21(26)16-12-10-15(2)11-13-16/h5-6,8-13,24H,3-4,7,14H2,1-2H3,(H,23,27)(H,25,26). The lowest BCUT2D eigenvalue weighted by atomic mass is 10.1. The number of fused-ring (bicyclic) bond motifs is 1. The Morgan fingerprint density at radius 3 is 2.44 bits per heavy atom. The second kappa shape index (κ2) is 8.54. The summed E-state index contributed by atoms with van der Waals surface area (Å²) >= 11 is 0. The van der Waals surface area contributed by atoms with Crippen LogP contribution in [0.25, 0.3) is 10.9 Å². The van der Waals surface area contributed by atoms with E-state index in [4.69, 9.17) is 0 Å². The molecule has 27 heavy (non-hydrogen) atoms. The van der Waals surface area contributed by atoms with Crippen molar-refractivity contribution in [3.63, 3.8) is 0 Å². The number of carbonyl (C=O) groups is 2. The van der Waals surface area contributed by atoms with Gasteiger partial charge in [0.2, 0.25) is 0 Å². The monoisotopic (exact) mass is 363 g/mol. The number of H-pyrrole nitrogens is 1. The first kappa shape index (κ1) is 18.7. The molecule has 0 radical (unpaired) electrons. The third-order valence-electron chi connectivity index (χ3n) is 4.55. The third-order valence-corrected chi connectivity index (χ3v) is 4.55. The quantitative estimate of drug-likeness (QED) is 0.535. The number of aromatic amines is 1. The molecule has 2 aromatic carbocycles. The zero-order valence-corrected chi connectivity index (χ0v) is 15.8. The number of amides is 2. The van der Waals surface area contributed by atoms with Crippen LogP contribution < -0.4 is 10.6 Å². The van der Waals surface area contributed by atoms with Gasteiger partial charge < -0.3 is 15.6 Å². The normalized spacial score (nSPS) is 10.7. The van der Waals surface area contributed by atoms with Gasteiger partial charge in [-0.1, -0.05) is 55.7 Å². The topological polar surface area (TPSA) is 74.0 Å². The molecule has 0 unspecified atom stereocenters. The lowest BCUT2D eigenvalue weighted by molar-refractivity contribution is 0.0949. The van der Waals surface area contributed by atoms with Gasteiger partial charge in [0.05, 0.1) is 5.69 Å². The van der Waals surface area contributed by atoms with E-state index in [0.29, 0.717) is 23.5 Å². The molecule has 0 saturated heterocycles. The Labute approximate surface area is 159 Å². The fourth-order valence-corrected chi connectivity index (χ4v) is 3.00. The van der Waals surface area contributed by atoms with Crippen molar-refractivity contribution < 1.29 is 9.59 Å². The van der Waals surface area contributed by atoms with Gasteiger partial charge in [0, 0.05) is 23.0 Å². The molecule has 3 N–H and O–H groups in total. The Morgan fingerprint density at radius 1 is 0.963 bits per heavy atom. The first-order valence-corrected chi connectivity index (χ1v) is 9.37. The van der Waals surface area contributed by atoms with Gasteiger partial charge in [0.25, 0.3) is 11.8 Å². The molecule has 0 aliphatic carbocycles. The van der Waals surface area contributed by atoms with Gasteiger partial charge in [-0.3, -0.25) is 9.59 Å². The van der Waals surface area contributed by atoms with Crippen molar-refractivity contribution in [2.75, 3.05) is 11.9 Å². The Balaban J connectivity index is 1.87. The first-order valence-electron chi connectivity index (χ1n) is 9.37. The molecule has 3 rings (SSSR count). The van der Waals surface area contributed by atoms with E-state index >= 15 is 0 Å². The van der Waals surface area contributed by atoms with Crippen LogP contribution >= 0.6 is 0 Å². The van der Waals surface area contributed by atoms with Crippen LogP contribution in [0.2, 0.25) is 0 Å². The summed E-state index contributed by atoms with van der Waals surface area (Å²) in [5.74, 6) is -0.443. The van der Waals surface area contributed by atoms with Gasteiger partial charge in [0.1, 0.15) is 5.69 Å². The highest BCUT2D eigenvalue weighted by molar-refractivity contribution is 6.15. The van der Waals surface area contributed by atoms with Crippen molar-refractivity contribution in [1.82, 2.24) is 10.3 Å². The van der Waals surface area contributed by atoms with Gasteiger partial charge >= 0.3 is 0 Å². The number of benzene rings is 2. The van der Waals surface area contributed by atoms with E-state index in [2.05, 4.69) is 22.5 Å². The average molecular weight is 363 g/mol. The molecule has 1 heterocycles. The molecule has 2 amide bonds. The maximum atomic E-state index is 12.7. The fourth-order valence-electron chi connectivity index (χ4n) is 3.00. The molecule has 0 atom stereocenters. The van der Waals surface area contributed by atoms with Crippen LogP contribution in [0.4, 0.5) is 5.69 Å². The number of aromatic nitrogens is 1. The van der Waals surface area contributed by atoms with Crippen LogP contribution in [-0.4, -0.2) is 23.3 Å². The molecule has 0 fully saturated rings. The number of para-hydroxylation sites is 1. The molecule has 0 saturated carbocycles. The maximum Gasteiger partial charge on any atom is 0.269 e. The lowest BCUT2D eigenvalue weighted by Gasteiger charge is -2.09. The lowest BCUT2D eigenvalue weighted by Crippen LogP contribution is -2.26. The number of hydrogen-bond acceptors (Lipinski definition) is 2. The largest absolute Gasteiger partial charge is 0.351 e. The van der Waals surface area contributed by atoms with E-state index in [1.807, 2.05) is 43.3 Å². The van der Waals surface area contributed by atoms with Crippen molar-refractivity contribution >= 4 is 28.4 Å². The van der Waals surface area contributed by atoms with E-state index in [1.54, 1.807) is 12.1 Å². The second-order valence-electron chi connectivity index (χ2n) is 6.70. The van der Waals surface area contributed by atoms with Gasteiger partial charge in [0.15, 0.2) is 0 Å². The molecule has 3 aromatic rings. The van der Waals surface area contributed by atoms with Gasteiger partial charge in [-0.25, -0.2) is 0 Å². The number of carbonyl (C=O) groups excluding carboxylic acids is 2. The third kappa shape index (κ3) is 4.37. The van der Waals surface area contributed by atoms with E-state index in [-0.39, 0.29) is 11.8 Å².